The smallest absolute Gasteiger partial charge is 0.0133 e. The molecular weight excluding hydrogens is 180 g/mol. The Kier molecular flexibility index (Phi) is 4.87. The minimum atomic E-state index is 0.758. The molecule has 0 amide bonds. The van der Waals surface area contributed by atoms with Crippen LogP contribution in [0.4, 0.5) is 0 Å². The van der Waals surface area contributed by atoms with Gasteiger partial charge in [0, 0.05) is 0 Å². The van der Waals surface area contributed by atoms with Gasteiger partial charge in [0.1, 0.15) is 0 Å². The minimum absolute atomic E-state index is 0.758. The maximum absolute atomic E-state index is 3.95. The summed E-state index contributed by atoms with van der Waals surface area (Å²) in [4.78, 5) is 0. The van der Waals surface area contributed by atoms with Crippen molar-refractivity contribution in [2.45, 2.75) is 52.9 Å². The Bertz CT molecular complexity index is 278. The second-order valence-corrected chi connectivity index (χ2v) is 4.99. The maximum atomic E-state index is 3.95. The summed E-state index contributed by atoms with van der Waals surface area (Å²) in [7, 11) is 0. The molecule has 0 heteroatoms. The zero-order chi connectivity index (χ0) is 11.3. The monoisotopic (exact) mass is 204 g/mol. The van der Waals surface area contributed by atoms with Gasteiger partial charge in [-0.15, -0.1) is 6.58 Å². The first kappa shape index (κ1) is 12.3. The van der Waals surface area contributed by atoms with Gasteiger partial charge in [-0.1, -0.05) is 35.8 Å². The normalized spacial score (nSPS) is 18.1. The van der Waals surface area contributed by atoms with Crippen molar-refractivity contribution in [3.8, 4) is 0 Å². The van der Waals surface area contributed by atoms with Gasteiger partial charge in [0.05, 0.1) is 0 Å². The summed E-state index contributed by atoms with van der Waals surface area (Å²) >= 11 is 0. The van der Waals surface area contributed by atoms with E-state index in [1.54, 1.807) is 5.57 Å². The highest BCUT2D eigenvalue weighted by Gasteiger charge is 2.10. The summed E-state index contributed by atoms with van der Waals surface area (Å²) in [5.74, 6) is 0.758. The van der Waals surface area contributed by atoms with Crippen molar-refractivity contribution in [1.82, 2.24) is 0 Å². The number of hydrogen-bond acceptors (Lipinski definition) is 0. The van der Waals surface area contributed by atoms with E-state index < -0.39 is 0 Å². The van der Waals surface area contributed by atoms with Crippen molar-refractivity contribution < 1.29 is 0 Å². The van der Waals surface area contributed by atoms with Gasteiger partial charge in [-0.05, 0) is 51.9 Å². The predicted molar refractivity (Wildman–Crippen MR) is 68.9 cm³/mol. The maximum Gasteiger partial charge on any atom is -0.0133 e. The van der Waals surface area contributed by atoms with Gasteiger partial charge >= 0.3 is 0 Å². The molecule has 0 unspecified atom stereocenters. The van der Waals surface area contributed by atoms with E-state index in [0.29, 0.717) is 0 Å². The van der Waals surface area contributed by atoms with Crippen molar-refractivity contribution in [1.29, 1.82) is 0 Å². The van der Waals surface area contributed by atoms with Crippen molar-refractivity contribution in [3.63, 3.8) is 0 Å². The van der Waals surface area contributed by atoms with Gasteiger partial charge in [0.2, 0.25) is 0 Å². The molecule has 84 valence electrons. The molecular formula is C15H24. The largest absolute Gasteiger partial charge is 0.100 e. The second kappa shape index (κ2) is 5.95. The molecule has 0 saturated heterocycles. The highest BCUT2D eigenvalue weighted by molar-refractivity contribution is 5.21. The molecule has 1 aliphatic rings. The number of allylic oxidation sites excluding steroid dienone is 5. The quantitative estimate of drug-likeness (QED) is 0.551. The van der Waals surface area contributed by atoms with Gasteiger partial charge in [0.15, 0.2) is 0 Å². The summed E-state index contributed by atoms with van der Waals surface area (Å²) in [6.07, 6.45) is 10.9. The van der Waals surface area contributed by atoms with Gasteiger partial charge in [-0.3, -0.25) is 0 Å². The molecule has 0 nitrogen and oxygen atoms in total. The van der Waals surface area contributed by atoms with Crippen LogP contribution in [0.2, 0.25) is 0 Å². The van der Waals surface area contributed by atoms with E-state index in [0.717, 1.165) is 5.92 Å². The lowest BCUT2D eigenvalue weighted by molar-refractivity contribution is 0.565. The summed E-state index contributed by atoms with van der Waals surface area (Å²) < 4.78 is 0. The van der Waals surface area contributed by atoms with Crippen LogP contribution in [0.1, 0.15) is 52.9 Å². The Morgan fingerprint density at radius 3 is 2.67 bits per heavy atom. The predicted octanol–water partition coefficient (Wildman–Crippen LogP) is 5.04. The molecule has 0 aromatic heterocycles. The highest BCUT2D eigenvalue weighted by atomic mass is 14.2. The third-order valence-electron chi connectivity index (χ3n) is 3.25. The van der Waals surface area contributed by atoms with E-state index in [1.165, 1.54) is 43.3 Å². The number of hydrogen-bond donors (Lipinski definition) is 0. The van der Waals surface area contributed by atoms with Gasteiger partial charge in [-0.25, -0.2) is 0 Å². The van der Waals surface area contributed by atoms with Crippen LogP contribution in [0.3, 0.4) is 0 Å². The summed E-state index contributed by atoms with van der Waals surface area (Å²) in [6.45, 7) is 10.7. The molecule has 0 saturated carbocycles. The first-order valence-electron chi connectivity index (χ1n) is 6.08. The van der Waals surface area contributed by atoms with Crippen LogP contribution in [-0.2, 0) is 0 Å². The topological polar surface area (TPSA) is 0 Å². The van der Waals surface area contributed by atoms with Gasteiger partial charge in [0.25, 0.3) is 0 Å². The van der Waals surface area contributed by atoms with E-state index in [4.69, 9.17) is 0 Å². The van der Waals surface area contributed by atoms with Crippen LogP contribution in [-0.4, -0.2) is 0 Å². The van der Waals surface area contributed by atoms with E-state index in [2.05, 4.69) is 39.5 Å². The molecule has 15 heavy (non-hydrogen) atoms. The van der Waals surface area contributed by atoms with E-state index in [9.17, 15) is 0 Å². The lowest BCUT2D eigenvalue weighted by atomic mass is 9.88. The summed E-state index contributed by atoms with van der Waals surface area (Å²) in [6, 6.07) is 0. The molecule has 0 bridgehead atoms. The van der Waals surface area contributed by atoms with Crippen LogP contribution >= 0.6 is 0 Å². The second-order valence-electron chi connectivity index (χ2n) is 4.99. The third-order valence-corrected chi connectivity index (χ3v) is 3.25. The Morgan fingerprint density at radius 2 is 2.13 bits per heavy atom. The Labute approximate surface area is 94.8 Å². The minimum Gasteiger partial charge on any atom is -0.100 e. The van der Waals surface area contributed by atoms with E-state index >= 15 is 0 Å². The van der Waals surface area contributed by atoms with Crippen LogP contribution < -0.4 is 0 Å². The molecule has 0 fully saturated rings. The average Bonchev–Trinajstić information content (AvgIpc) is 2.18. The fraction of sp³-hybridized carbons (Fsp3) is 0.600. The molecule has 0 aromatic rings. The Balaban J connectivity index is 2.29. The molecule has 0 N–H and O–H groups in total. The average molecular weight is 204 g/mol. The lowest BCUT2D eigenvalue weighted by Crippen LogP contribution is -2.02. The lowest BCUT2D eigenvalue weighted by Gasteiger charge is -2.18. The zero-order valence-corrected chi connectivity index (χ0v) is 10.5. The van der Waals surface area contributed by atoms with E-state index in [-0.39, 0.29) is 0 Å². The molecule has 0 heterocycles. The van der Waals surface area contributed by atoms with Crippen LogP contribution in [0.5, 0.6) is 0 Å². The third kappa shape index (κ3) is 4.51. The molecule has 1 aliphatic carbocycles. The van der Waals surface area contributed by atoms with E-state index in [1.807, 2.05) is 0 Å². The Morgan fingerprint density at radius 1 is 1.40 bits per heavy atom. The molecule has 0 radical (unpaired) electrons. The molecule has 0 spiro atoms. The summed E-state index contributed by atoms with van der Waals surface area (Å²) in [5, 5.41) is 0. The standard InChI is InChI=1S/C15H24/c1-12(2)6-5-7-14(4)15-10-8-13(3)9-11-15/h8,11,14H,1,5-7,9-10H2,2-4H3/t14-/m1/s1. The van der Waals surface area contributed by atoms with Crippen molar-refractivity contribution in [3.05, 3.63) is 35.5 Å². The van der Waals surface area contributed by atoms with Crippen LogP contribution in [0.25, 0.3) is 0 Å². The van der Waals surface area contributed by atoms with Gasteiger partial charge < -0.3 is 0 Å². The zero-order valence-electron chi connectivity index (χ0n) is 10.5. The molecule has 1 rings (SSSR count). The highest BCUT2D eigenvalue weighted by Crippen LogP contribution is 2.26. The van der Waals surface area contributed by atoms with Gasteiger partial charge in [-0.2, -0.15) is 0 Å². The fourth-order valence-electron chi connectivity index (χ4n) is 2.05. The van der Waals surface area contributed by atoms with Crippen molar-refractivity contribution in [2.75, 3.05) is 0 Å². The first-order chi connectivity index (χ1) is 7.09. The summed E-state index contributed by atoms with van der Waals surface area (Å²) in [5.41, 5.74) is 4.48. The van der Waals surface area contributed by atoms with Crippen LogP contribution in [0.15, 0.2) is 35.5 Å². The SMILES string of the molecule is C=C(C)CCC[C@@H](C)C1=CCC(C)=CC1. The molecule has 0 aliphatic heterocycles. The Hall–Kier alpha value is -0.780. The molecule has 1 atom stereocenters. The van der Waals surface area contributed by atoms with Crippen molar-refractivity contribution in [2.24, 2.45) is 5.92 Å². The van der Waals surface area contributed by atoms with Crippen LogP contribution in [0, 0.1) is 5.92 Å². The van der Waals surface area contributed by atoms with Crippen molar-refractivity contribution >= 4 is 0 Å². The molecule has 0 aromatic carbocycles. The number of rotatable bonds is 5. The fourth-order valence-corrected chi connectivity index (χ4v) is 2.05. The first-order valence-corrected chi connectivity index (χ1v) is 6.08.